The molecule has 0 spiro atoms. The second kappa shape index (κ2) is 5.69. The third kappa shape index (κ3) is 3.11. The monoisotopic (exact) mass is 283 g/mol. The average molecular weight is 283 g/mol. The lowest BCUT2D eigenvalue weighted by atomic mass is 10.3. The minimum Gasteiger partial charge on any atom is -0.476 e. The Morgan fingerprint density at radius 2 is 2.22 bits per heavy atom. The standard InChI is InChI=1S/C10H9N3O3S2/c14-8(9-13-7(4-18-9)10(15)16)11-2-1-6-3-17-5-12-6/h3-5H,1-2H2,(H,11,14)(H,15,16). The highest BCUT2D eigenvalue weighted by molar-refractivity contribution is 7.11. The molecule has 0 aliphatic heterocycles. The topological polar surface area (TPSA) is 92.2 Å². The molecule has 0 aliphatic rings. The quantitative estimate of drug-likeness (QED) is 0.862. The van der Waals surface area contributed by atoms with Crippen molar-refractivity contribution in [2.24, 2.45) is 0 Å². The van der Waals surface area contributed by atoms with Gasteiger partial charge in [-0.2, -0.15) is 0 Å². The first-order chi connectivity index (χ1) is 8.66. The van der Waals surface area contributed by atoms with Crippen molar-refractivity contribution in [2.75, 3.05) is 6.54 Å². The maximum absolute atomic E-state index is 11.6. The van der Waals surface area contributed by atoms with Gasteiger partial charge in [0.2, 0.25) is 0 Å². The summed E-state index contributed by atoms with van der Waals surface area (Å²) in [5.74, 6) is -1.49. The lowest BCUT2D eigenvalue weighted by molar-refractivity contribution is 0.0691. The molecule has 94 valence electrons. The summed E-state index contributed by atoms with van der Waals surface area (Å²) in [7, 11) is 0. The zero-order valence-electron chi connectivity index (χ0n) is 9.12. The maximum atomic E-state index is 11.6. The van der Waals surface area contributed by atoms with E-state index < -0.39 is 5.97 Å². The van der Waals surface area contributed by atoms with E-state index in [2.05, 4.69) is 15.3 Å². The molecule has 2 aromatic heterocycles. The highest BCUT2D eigenvalue weighted by atomic mass is 32.1. The van der Waals surface area contributed by atoms with Crippen LogP contribution in [0.4, 0.5) is 0 Å². The van der Waals surface area contributed by atoms with E-state index in [0.717, 1.165) is 17.0 Å². The molecule has 2 N–H and O–H groups in total. The van der Waals surface area contributed by atoms with Gasteiger partial charge in [0, 0.05) is 23.7 Å². The average Bonchev–Trinajstić information content (AvgIpc) is 2.99. The van der Waals surface area contributed by atoms with Gasteiger partial charge in [0.25, 0.3) is 5.91 Å². The fourth-order valence-corrected chi connectivity index (χ4v) is 2.52. The molecule has 0 radical (unpaired) electrons. The molecule has 0 aromatic carbocycles. The van der Waals surface area contributed by atoms with Crippen LogP contribution in [0.15, 0.2) is 16.3 Å². The molecule has 0 aliphatic carbocycles. The Labute approximate surface area is 110 Å². The number of rotatable bonds is 5. The summed E-state index contributed by atoms with van der Waals surface area (Å²) >= 11 is 2.52. The third-order valence-corrected chi connectivity index (χ3v) is 3.54. The summed E-state index contributed by atoms with van der Waals surface area (Å²) in [4.78, 5) is 30.1. The molecule has 0 atom stereocenters. The van der Waals surface area contributed by atoms with Crippen LogP contribution in [0, 0.1) is 0 Å². The number of thiazole rings is 2. The summed E-state index contributed by atoms with van der Waals surface area (Å²) in [5.41, 5.74) is 2.55. The molecular weight excluding hydrogens is 274 g/mol. The second-order valence-corrected chi connectivity index (χ2v) is 4.91. The van der Waals surface area contributed by atoms with Gasteiger partial charge in [-0.15, -0.1) is 22.7 Å². The Morgan fingerprint density at radius 1 is 1.39 bits per heavy atom. The number of carbonyl (C=O) groups excluding carboxylic acids is 1. The van der Waals surface area contributed by atoms with Crippen molar-refractivity contribution >= 4 is 34.6 Å². The first-order valence-corrected chi connectivity index (χ1v) is 6.83. The van der Waals surface area contributed by atoms with E-state index in [0.29, 0.717) is 13.0 Å². The van der Waals surface area contributed by atoms with Crippen LogP contribution in [0.5, 0.6) is 0 Å². The normalized spacial score (nSPS) is 10.2. The molecule has 0 saturated heterocycles. The number of hydrogen-bond donors (Lipinski definition) is 2. The lowest BCUT2D eigenvalue weighted by Gasteiger charge is -2.00. The van der Waals surface area contributed by atoms with Gasteiger partial charge in [-0.3, -0.25) is 4.79 Å². The molecule has 8 heteroatoms. The Kier molecular flexibility index (Phi) is 4.00. The van der Waals surface area contributed by atoms with Crippen molar-refractivity contribution in [3.63, 3.8) is 0 Å². The molecule has 18 heavy (non-hydrogen) atoms. The molecule has 2 rings (SSSR count). The van der Waals surface area contributed by atoms with Gasteiger partial charge >= 0.3 is 5.97 Å². The van der Waals surface area contributed by atoms with Crippen molar-refractivity contribution in [3.8, 4) is 0 Å². The smallest absolute Gasteiger partial charge is 0.355 e. The van der Waals surface area contributed by atoms with Gasteiger partial charge < -0.3 is 10.4 Å². The molecule has 0 unspecified atom stereocenters. The minimum atomic E-state index is -1.13. The highest BCUT2D eigenvalue weighted by Gasteiger charge is 2.14. The predicted molar refractivity (Wildman–Crippen MR) is 67.2 cm³/mol. The van der Waals surface area contributed by atoms with Gasteiger partial charge in [-0.05, 0) is 0 Å². The fraction of sp³-hybridized carbons (Fsp3) is 0.200. The van der Waals surface area contributed by atoms with Crippen LogP contribution in [-0.4, -0.2) is 33.5 Å². The Morgan fingerprint density at radius 3 is 2.83 bits per heavy atom. The number of carboxylic acid groups (broad SMARTS) is 1. The van der Waals surface area contributed by atoms with E-state index in [9.17, 15) is 9.59 Å². The van der Waals surface area contributed by atoms with E-state index in [1.807, 2.05) is 5.38 Å². The second-order valence-electron chi connectivity index (χ2n) is 3.33. The molecular formula is C10H9N3O3S2. The maximum Gasteiger partial charge on any atom is 0.355 e. The summed E-state index contributed by atoms with van der Waals surface area (Å²) in [5, 5.41) is 14.8. The molecule has 0 fully saturated rings. The number of hydrogen-bond acceptors (Lipinski definition) is 6. The van der Waals surface area contributed by atoms with Crippen LogP contribution in [0.25, 0.3) is 0 Å². The van der Waals surface area contributed by atoms with Gasteiger partial charge in [-0.1, -0.05) is 0 Å². The van der Waals surface area contributed by atoms with Crippen molar-refractivity contribution in [2.45, 2.75) is 6.42 Å². The SMILES string of the molecule is O=C(O)c1csc(C(=O)NCCc2cscn2)n1. The summed E-state index contributed by atoms with van der Waals surface area (Å²) < 4.78 is 0. The van der Waals surface area contributed by atoms with Gasteiger partial charge in [0.05, 0.1) is 11.2 Å². The van der Waals surface area contributed by atoms with Crippen molar-refractivity contribution in [1.29, 1.82) is 0 Å². The van der Waals surface area contributed by atoms with Crippen molar-refractivity contribution in [3.05, 3.63) is 32.7 Å². The van der Waals surface area contributed by atoms with Gasteiger partial charge in [-0.25, -0.2) is 14.8 Å². The van der Waals surface area contributed by atoms with E-state index in [1.165, 1.54) is 16.7 Å². The molecule has 6 nitrogen and oxygen atoms in total. The molecule has 0 bridgehead atoms. The van der Waals surface area contributed by atoms with E-state index in [4.69, 9.17) is 5.11 Å². The van der Waals surface area contributed by atoms with E-state index >= 15 is 0 Å². The summed E-state index contributed by atoms with van der Waals surface area (Å²) in [6, 6.07) is 0. The Hall–Kier alpha value is -1.80. The van der Waals surface area contributed by atoms with Gasteiger partial charge in [0.15, 0.2) is 10.7 Å². The largest absolute Gasteiger partial charge is 0.476 e. The summed E-state index contributed by atoms with van der Waals surface area (Å²) in [6.45, 7) is 0.449. The van der Waals surface area contributed by atoms with Crippen LogP contribution >= 0.6 is 22.7 Å². The lowest BCUT2D eigenvalue weighted by Crippen LogP contribution is -2.25. The molecule has 2 heterocycles. The van der Waals surface area contributed by atoms with Crippen LogP contribution in [0.3, 0.4) is 0 Å². The van der Waals surface area contributed by atoms with Crippen LogP contribution in [-0.2, 0) is 6.42 Å². The Balaban J connectivity index is 1.85. The number of carbonyl (C=O) groups is 2. The molecule has 1 amide bonds. The minimum absolute atomic E-state index is 0.107. The zero-order chi connectivity index (χ0) is 13.0. The predicted octanol–water partition coefficient (Wildman–Crippen LogP) is 1.27. The number of aromatic nitrogens is 2. The number of nitrogens with one attached hydrogen (secondary N) is 1. The first-order valence-electron chi connectivity index (χ1n) is 5.01. The van der Waals surface area contributed by atoms with Crippen LogP contribution < -0.4 is 5.32 Å². The third-order valence-electron chi connectivity index (χ3n) is 2.07. The van der Waals surface area contributed by atoms with E-state index in [1.54, 1.807) is 5.51 Å². The molecule has 2 aromatic rings. The molecule has 0 saturated carbocycles. The van der Waals surface area contributed by atoms with Gasteiger partial charge in [0.1, 0.15) is 0 Å². The number of carboxylic acids is 1. The van der Waals surface area contributed by atoms with Crippen molar-refractivity contribution in [1.82, 2.24) is 15.3 Å². The Bertz CT molecular complexity index is 550. The number of nitrogens with zero attached hydrogens (tertiary/aromatic N) is 2. The summed E-state index contributed by atoms with van der Waals surface area (Å²) in [6.07, 6.45) is 0.645. The number of amides is 1. The highest BCUT2D eigenvalue weighted by Crippen LogP contribution is 2.09. The zero-order valence-corrected chi connectivity index (χ0v) is 10.8. The number of aromatic carboxylic acids is 1. The van der Waals surface area contributed by atoms with Crippen molar-refractivity contribution < 1.29 is 14.7 Å². The fourth-order valence-electron chi connectivity index (χ4n) is 1.22. The van der Waals surface area contributed by atoms with Crippen LogP contribution in [0.1, 0.15) is 26.0 Å². The van der Waals surface area contributed by atoms with Crippen LogP contribution in [0.2, 0.25) is 0 Å². The van der Waals surface area contributed by atoms with E-state index in [-0.39, 0.29) is 16.6 Å². The first kappa shape index (κ1) is 12.7.